The highest BCUT2D eigenvalue weighted by Gasteiger charge is 2.19. The molecule has 0 atom stereocenters. The summed E-state index contributed by atoms with van der Waals surface area (Å²) in [6, 6.07) is 10.7. The summed E-state index contributed by atoms with van der Waals surface area (Å²) >= 11 is 11.8. The molecule has 0 N–H and O–H groups in total. The number of benzene rings is 2. The third kappa shape index (κ3) is 4.59. The van der Waals surface area contributed by atoms with Gasteiger partial charge in [-0.2, -0.15) is 0 Å². The first-order valence-electron chi connectivity index (χ1n) is 6.96. The smallest absolute Gasteiger partial charge is 0.270 e. The Hall–Kier alpha value is -2.31. The van der Waals surface area contributed by atoms with Crippen LogP contribution < -0.4 is 4.74 Å². The SMILES string of the molecule is CN(CCOc1cccc(Cl)c1)C(=O)c1cc([N+](=O)[O-])ccc1Cl. The highest BCUT2D eigenvalue weighted by atomic mass is 35.5. The Morgan fingerprint density at radius 2 is 2.00 bits per heavy atom. The van der Waals surface area contributed by atoms with Crippen molar-refractivity contribution in [1.29, 1.82) is 0 Å². The fourth-order valence-electron chi connectivity index (χ4n) is 1.96. The number of hydrogen-bond acceptors (Lipinski definition) is 4. The lowest BCUT2D eigenvalue weighted by Gasteiger charge is -2.18. The fourth-order valence-corrected chi connectivity index (χ4v) is 2.33. The quantitative estimate of drug-likeness (QED) is 0.569. The number of halogens is 2. The normalized spacial score (nSPS) is 10.3. The molecule has 0 aliphatic heterocycles. The van der Waals surface area contributed by atoms with Gasteiger partial charge in [0.1, 0.15) is 12.4 Å². The second kappa shape index (κ2) is 7.99. The van der Waals surface area contributed by atoms with E-state index >= 15 is 0 Å². The van der Waals surface area contributed by atoms with Crippen molar-refractivity contribution >= 4 is 34.8 Å². The third-order valence-corrected chi connectivity index (χ3v) is 3.79. The Kier molecular flexibility index (Phi) is 6.00. The van der Waals surface area contributed by atoms with E-state index in [-0.39, 0.29) is 29.4 Å². The molecule has 0 aliphatic carbocycles. The minimum absolute atomic E-state index is 0.0797. The summed E-state index contributed by atoms with van der Waals surface area (Å²) in [5.41, 5.74) is -0.109. The van der Waals surface area contributed by atoms with Gasteiger partial charge in [0.2, 0.25) is 0 Å². The van der Waals surface area contributed by atoms with Crippen molar-refractivity contribution < 1.29 is 14.5 Å². The van der Waals surface area contributed by atoms with Crippen molar-refractivity contribution in [2.24, 2.45) is 0 Å². The molecule has 0 spiro atoms. The van der Waals surface area contributed by atoms with Crippen LogP contribution in [0, 0.1) is 10.1 Å². The predicted octanol–water partition coefficient (Wildman–Crippen LogP) is 4.05. The fraction of sp³-hybridized carbons (Fsp3) is 0.188. The summed E-state index contributed by atoms with van der Waals surface area (Å²) in [6.45, 7) is 0.527. The maximum absolute atomic E-state index is 12.4. The van der Waals surface area contributed by atoms with Gasteiger partial charge in [-0.25, -0.2) is 0 Å². The number of rotatable bonds is 6. The van der Waals surface area contributed by atoms with Crippen molar-refractivity contribution in [3.63, 3.8) is 0 Å². The molecular formula is C16H14Cl2N2O4. The van der Waals surface area contributed by atoms with Gasteiger partial charge in [-0.15, -0.1) is 0 Å². The topological polar surface area (TPSA) is 72.7 Å². The Labute approximate surface area is 148 Å². The lowest BCUT2D eigenvalue weighted by molar-refractivity contribution is -0.384. The van der Waals surface area contributed by atoms with E-state index in [1.54, 1.807) is 31.3 Å². The molecule has 0 saturated carbocycles. The molecule has 2 rings (SSSR count). The summed E-state index contributed by atoms with van der Waals surface area (Å²) in [4.78, 5) is 24.0. The zero-order chi connectivity index (χ0) is 17.7. The molecule has 0 aromatic heterocycles. The molecular weight excluding hydrogens is 355 g/mol. The minimum Gasteiger partial charge on any atom is -0.492 e. The number of nitro groups is 1. The first-order chi connectivity index (χ1) is 11.4. The van der Waals surface area contributed by atoms with Crippen molar-refractivity contribution in [2.45, 2.75) is 0 Å². The molecule has 1 amide bonds. The van der Waals surface area contributed by atoms with Gasteiger partial charge in [0, 0.05) is 24.2 Å². The maximum atomic E-state index is 12.4. The Morgan fingerprint density at radius 1 is 1.25 bits per heavy atom. The van der Waals surface area contributed by atoms with E-state index in [0.717, 1.165) is 0 Å². The highest BCUT2D eigenvalue weighted by molar-refractivity contribution is 6.34. The van der Waals surface area contributed by atoms with E-state index in [1.807, 2.05) is 0 Å². The van der Waals surface area contributed by atoms with Crippen LogP contribution in [-0.4, -0.2) is 35.9 Å². The lowest BCUT2D eigenvalue weighted by Crippen LogP contribution is -2.31. The average molecular weight is 369 g/mol. The molecule has 0 aliphatic rings. The number of nitrogens with zero attached hydrogens (tertiary/aromatic N) is 2. The number of non-ortho nitro benzene ring substituents is 1. The molecule has 2 aromatic rings. The van der Waals surface area contributed by atoms with Gasteiger partial charge in [-0.1, -0.05) is 29.3 Å². The first kappa shape index (κ1) is 18.0. The van der Waals surface area contributed by atoms with E-state index in [4.69, 9.17) is 27.9 Å². The van der Waals surface area contributed by atoms with Crippen LogP contribution in [0.25, 0.3) is 0 Å². The zero-order valence-electron chi connectivity index (χ0n) is 12.7. The molecule has 6 nitrogen and oxygen atoms in total. The molecule has 8 heteroatoms. The number of amides is 1. The molecule has 24 heavy (non-hydrogen) atoms. The average Bonchev–Trinajstić information content (AvgIpc) is 2.54. The van der Waals surface area contributed by atoms with Gasteiger partial charge in [-0.3, -0.25) is 14.9 Å². The van der Waals surface area contributed by atoms with Crippen LogP contribution >= 0.6 is 23.2 Å². The van der Waals surface area contributed by atoms with Gasteiger partial charge in [0.05, 0.1) is 22.1 Å². The molecule has 2 aromatic carbocycles. The van der Waals surface area contributed by atoms with Crippen LogP contribution in [0.4, 0.5) is 5.69 Å². The number of nitro benzene ring substituents is 1. The number of ether oxygens (including phenoxy) is 1. The van der Waals surface area contributed by atoms with E-state index in [9.17, 15) is 14.9 Å². The summed E-state index contributed by atoms with van der Waals surface area (Å²) < 4.78 is 5.52. The Bertz CT molecular complexity index is 767. The minimum atomic E-state index is -0.574. The molecule has 126 valence electrons. The standard InChI is InChI=1S/C16H14Cl2N2O4/c1-19(7-8-24-13-4-2-3-11(17)9-13)16(21)14-10-12(20(22)23)5-6-15(14)18/h2-6,9-10H,7-8H2,1H3. The van der Waals surface area contributed by atoms with Crippen LogP contribution in [-0.2, 0) is 0 Å². The van der Waals surface area contributed by atoms with Crippen molar-refractivity contribution in [3.8, 4) is 5.75 Å². The van der Waals surface area contributed by atoms with Crippen LogP contribution in [0.15, 0.2) is 42.5 Å². The lowest BCUT2D eigenvalue weighted by atomic mass is 10.2. The second-order valence-corrected chi connectivity index (χ2v) is 5.80. The van der Waals surface area contributed by atoms with Crippen molar-refractivity contribution in [3.05, 3.63) is 68.2 Å². The Morgan fingerprint density at radius 3 is 2.67 bits per heavy atom. The van der Waals surface area contributed by atoms with Crippen molar-refractivity contribution in [1.82, 2.24) is 4.90 Å². The molecule has 0 bridgehead atoms. The number of carbonyl (C=O) groups excluding carboxylic acids is 1. The number of likely N-dealkylation sites (N-methyl/N-ethyl adjacent to an activating group) is 1. The number of hydrogen-bond donors (Lipinski definition) is 0. The summed E-state index contributed by atoms with van der Waals surface area (Å²) in [5.74, 6) is 0.176. The highest BCUT2D eigenvalue weighted by Crippen LogP contribution is 2.23. The summed E-state index contributed by atoms with van der Waals surface area (Å²) in [5, 5.41) is 11.5. The van der Waals surface area contributed by atoms with E-state index < -0.39 is 10.8 Å². The zero-order valence-corrected chi connectivity index (χ0v) is 14.3. The predicted molar refractivity (Wildman–Crippen MR) is 92.0 cm³/mol. The van der Waals surface area contributed by atoms with E-state index in [1.165, 1.54) is 23.1 Å². The van der Waals surface area contributed by atoms with E-state index in [2.05, 4.69) is 0 Å². The Balaban J connectivity index is 1.99. The molecule has 0 fully saturated rings. The maximum Gasteiger partial charge on any atom is 0.270 e. The summed E-state index contributed by atoms with van der Waals surface area (Å²) in [7, 11) is 1.57. The van der Waals surface area contributed by atoms with Crippen LogP contribution in [0.5, 0.6) is 5.75 Å². The second-order valence-electron chi connectivity index (χ2n) is 4.95. The van der Waals surface area contributed by atoms with Gasteiger partial charge in [0.15, 0.2) is 0 Å². The van der Waals surface area contributed by atoms with Crippen molar-refractivity contribution in [2.75, 3.05) is 20.2 Å². The van der Waals surface area contributed by atoms with Gasteiger partial charge in [0.25, 0.3) is 11.6 Å². The van der Waals surface area contributed by atoms with Crippen LogP contribution in [0.3, 0.4) is 0 Å². The van der Waals surface area contributed by atoms with Gasteiger partial charge in [-0.05, 0) is 24.3 Å². The molecule has 0 unspecified atom stereocenters. The molecule has 0 saturated heterocycles. The van der Waals surface area contributed by atoms with Crippen LogP contribution in [0.2, 0.25) is 10.0 Å². The van der Waals surface area contributed by atoms with Gasteiger partial charge >= 0.3 is 0 Å². The largest absolute Gasteiger partial charge is 0.492 e. The number of carbonyl (C=O) groups is 1. The summed E-state index contributed by atoms with van der Waals surface area (Å²) in [6.07, 6.45) is 0. The monoisotopic (exact) mass is 368 g/mol. The van der Waals surface area contributed by atoms with Gasteiger partial charge < -0.3 is 9.64 Å². The third-order valence-electron chi connectivity index (χ3n) is 3.23. The van der Waals surface area contributed by atoms with E-state index in [0.29, 0.717) is 10.8 Å². The molecule has 0 radical (unpaired) electrons. The first-order valence-corrected chi connectivity index (χ1v) is 7.72. The van der Waals surface area contributed by atoms with Crippen LogP contribution in [0.1, 0.15) is 10.4 Å². The molecule has 0 heterocycles.